The number of aliphatic hydroxyl groups excluding tert-OH is 1. The molecule has 0 radical (unpaired) electrons. The van der Waals surface area contributed by atoms with Crippen LogP contribution in [0.2, 0.25) is 0 Å². The lowest BCUT2D eigenvalue weighted by atomic mass is 9.89. The Hall–Kier alpha value is -2.28. The van der Waals surface area contributed by atoms with E-state index in [0.717, 1.165) is 22.6 Å². The maximum atomic E-state index is 12.7. The number of hydrogen-bond donors (Lipinski definition) is 2. The molecular weight excluding hydrogens is 312 g/mol. The van der Waals surface area contributed by atoms with Crippen LogP contribution in [0.1, 0.15) is 24.8 Å². The van der Waals surface area contributed by atoms with Gasteiger partial charge in [-0.3, -0.25) is 9.69 Å². The molecule has 2 aliphatic heterocycles. The van der Waals surface area contributed by atoms with Gasteiger partial charge in [-0.1, -0.05) is 18.2 Å². The Morgan fingerprint density at radius 1 is 1.33 bits per heavy atom. The van der Waals surface area contributed by atoms with Crippen LogP contribution in [0.5, 0.6) is 5.75 Å². The SMILES string of the molecule is COc1ccccc1CCN1C(=O)C2CCCC(C1O)N2C(=O)O. The largest absolute Gasteiger partial charge is 0.496 e. The molecule has 7 heteroatoms. The van der Waals surface area contributed by atoms with Crippen LogP contribution < -0.4 is 4.74 Å². The summed E-state index contributed by atoms with van der Waals surface area (Å²) in [5.41, 5.74) is 0.950. The molecule has 2 heterocycles. The van der Waals surface area contributed by atoms with E-state index in [0.29, 0.717) is 25.8 Å². The lowest BCUT2D eigenvalue weighted by Crippen LogP contribution is -2.69. The van der Waals surface area contributed by atoms with Gasteiger partial charge >= 0.3 is 6.09 Å². The zero-order valence-corrected chi connectivity index (χ0v) is 13.6. The first-order valence-electron chi connectivity index (χ1n) is 8.16. The van der Waals surface area contributed by atoms with Gasteiger partial charge in [0.1, 0.15) is 18.0 Å². The first kappa shape index (κ1) is 16.6. The molecule has 0 aromatic heterocycles. The van der Waals surface area contributed by atoms with Crippen molar-refractivity contribution in [2.75, 3.05) is 13.7 Å². The Kier molecular flexibility index (Phi) is 4.62. The Balaban J connectivity index is 1.77. The van der Waals surface area contributed by atoms with E-state index in [9.17, 15) is 19.8 Å². The lowest BCUT2D eigenvalue weighted by molar-refractivity contribution is -0.171. The quantitative estimate of drug-likeness (QED) is 0.866. The summed E-state index contributed by atoms with van der Waals surface area (Å²) in [7, 11) is 1.59. The van der Waals surface area contributed by atoms with Crippen LogP contribution in [-0.4, -0.2) is 64.0 Å². The number of aliphatic hydroxyl groups is 1. The number of fused-ring (bicyclic) bond motifs is 2. The van der Waals surface area contributed by atoms with Gasteiger partial charge in [0.2, 0.25) is 5.91 Å². The second-order valence-corrected chi connectivity index (χ2v) is 6.21. The highest BCUT2D eigenvalue weighted by molar-refractivity contribution is 5.87. The molecule has 7 nitrogen and oxygen atoms in total. The number of methoxy groups -OCH3 is 1. The third kappa shape index (κ3) is 2.80. The van der Waals surface area contributed by atoms with Crippen molar-refractivity contribution in [1.29, 1.82) is 0 Å². The van der Waals surface area contributed by atoms with Gasteiger partial charge in [0.15, 0.2) is 0 Å². The Morgan fingerprint density at radius 3 is 2.79 bits per heavy atom. The number of amides is 2. The number of carboxylic acid groups (broad SMARTS) is 1. The number of carbonyl (C=O) groups excluding carboxylic acids is 1. The molecule has 24 heavy (non-hydrogen) atoms. The zero-order chi connectivity index (χ0) is 17.3. The van der Waals surface area contributed by atoms with E-state index < -0.39 is 24.4 Å². The van der Waals surface area contributed by atoms with Crippen LogP contribution in [0.25, 0.3) is 0 Å². The van der Waals surface area contributed by atoms with E-state index in [1.807, 2.05) is 24.3 Å². The highest BCUT2D eigenvalue weighted by Crippen LogP contribution is 2.33. The monoisotopic (exact) mass is 334 g/mol. The van der Waals surface area contributed by atoms with Gasteiger partial charge in [-0.05, 0) is 37.3 Å². The predicted molar refractivity (Wildman–Crippen MR) is 85.7 cm³/mol. The Labute approximate surface area is 140 Å². The van der Waals surface area contributed by atoms with Gasteiger partial charge in [-0.2, -0.15) is 0 Å². The molecule has 2 amide bonds. The minimum Gasteiger partial charge on any atom is -0.496 e. The number of rotatable bonds is 4. The topological polar surface area (TPSA) is 90.3 Å². The highest BCUT2D eigenvalue weighted by Gasteiger charge is 2.50. The number of piperazine rings is 1. The smallest absolute Gasteiger partial charge is 0.408 e. The predicted octanol–water partition coefficient (Wildman–Crippen LogP) is 1.30. The van der Waals surface area contributed by atoms with Crippen molar-refractivity contribution in [2.24, 2.45) is 0 Å². The molecule has 0 aliphatic carbocycles. The van der Waals surface area contributed by atoms with Gasteiger partial charge in [0.05, 0.1) is 13.2 Å². The summed E-state index contributed by atoms with van der Waals surface area (Å²) in [5.74, 6) is 0.430. The van der Waals surface area contributed by atoms with Gasteiger partial charge in [-0.25, -0.2) is 4.79 Å². The number of piperidine rings is 1. The molecule has 0 saturated carbocycles. The molecule has 3 rings (SSSR count). The molecule has 3 atom stereocenters. The average Bonchev–Trinajstić information content (AvgIpc) is 2.60. The standard InChI is InChI=1S/C17H22N2O5/c1-24-14-8-3-2-5-11(14)9-10-18-15(20)12-6-4-7-13(16(18)21)19(12)17(22)23/h2-3,5,8,12-13,15,20H,4,6-7,9-10H2,1H3,(H,22,23). The summed E-state index contributed by atoms with van der Waals surface area (Å²) in [5, 5.41) is 19.9. The van der Waals surface area contributed by atoms with Crippen LogP contribution in [-0.2, 0) is 11.2 Å². The van der Waals surface area contributed by atoms with Crippen molar-refractivity contribution < 1.29 is 24.5 Å². The minimum absolute atomic E-state index is 0.309. The highest BCUT2D eigenvalue weighted by atomic mass is 16.5. The number of nitrogens with zero attached hydrogens (tertiary/aromatic N) is 2. The zero-order valence-electron chi connectivity index (χ0n) is 13.6. The summed E-state index contributed by atoms with van der Waals surface area (Å²) in [6.45, 7) is 0.334. The molecule has 130 valence electrons. The fourth-order valence-electron chi connectivity index (χ4n) is 3.76. The van der Waals surface area contributed by atoms with Crippen molar-refractivity contribution in [3.63, 3.8) is 0 Å². The molecule has 1 aromatic rings. The fourth-order valence-corrected chi connectivity index (χ4v) is 3.76. The molecule has 3 unspecified atom stereocenters. The number of carbonyl (C=O) groups is 2. The number of hydrogen-bond acceptors (Lipinski definition) is 4. The number of para-hydroxylation sites is 1. The molecule has 2 N–H and O–H groups in total. The normalized spacial score (nSPS) is 26.4. The molecule has 2 aliphatic rings. The van der Waals surface area contributed by atoms with Gasteiger partial charge in [-0.15, -0.1) is 0 Å². The van der Waals surface area contributed by atoms with E-state index >= 15 is 0 Å². The third-order valence-corrected chi connectivity index (χ3v) is 4.94. The summed E-state index contributed by atoms with van der Waals surface area (Å²) in [6.07, 6.45) is 0.144. The van der Waals surface area contributed by atoms with E-state index in [1.54, 1.807) is 7.11 Å². The molecule has 1 aromatic carbocycles. The first-order valence-corrected chi connectivity index (χ1v) is 8.16. The molecule has 2 saturated heterocycles. The van der Waals surface area contributed by atoms with Gasteiger partial charge < -0.3 is 19.8 Å². The third-order valence-electron chi connectivity index (χ3n) is 4.94. The summed E-state index contributed by atoms with van der Waals surface area (Å²) in [4.78, 5) is 26.7. The van der Waals surface area contributed by atoms with Crippen molar-refractivity contribution in [1.82, 2.24) is 9.80 Å². The summed E-state index contributed by atoms with van der Waals surface area (Å²) in [6, 6.07) is 6.32. The molecule has 2 fully saturated rings. The van der Waals surface area contributed by atoms with Gasteiger partial charge in [0, 0.05) is 6.54 Å². The van der Waals surface area contributed by atoms with Gasteiger partial charge in [0.25, 0.3) is 0 Å². The maximum absolute atomic E-state index is 12.7. The number of likely N-dealkylation sites (tertiary alicyclic amines) is 1. The van der Waals surface area contributed by atoms with E-state index in [2.05, 4.69) is 0 Å². The average molecular weight is 334 g/mol. The maximum Gasteiger partial charge on any atom is 0.408 e. The second-order valence-electron chi connectivity index (χ2n) is 6.21. The van der Waals surface area contributed by atoms with Crippen LogP contribution >= 0.6 is 0 Å². The van der Waals surface area contributed by atoms with Crippen LogP contribution in [0.4, 0.5) is 4.79 Å². The number of ether oxygens (including phenoxy) is 1. The van der Waals surface area contributed by atoms with E-state index in [1.165, 1.54) is 4.90 Å². The summed E-state index contributed by atoms with van der Waals surface area (Å²) >= 11 is 0. The van der Waals surface area contributed by atoms with Crippen molar-refractivity contribution in [3.8, 4) is 5.75 Å². The van der Waals surface area contributed by atoms with Crippen molar-refractivity contribution in [2.45, 2.75) is 44.0 Å². The van der Waals surface area contributed by atoms with E-state index in [-0.39, 0.29) is 5.91 Å². The van der Waals surface area contributed by atoms with Crippen LogP contribution in [0.15, 0.2) is 24.3 Å². The van der Waals surface area contributed by atoms with Crippen LogP contribution in [0.3, 0.4) is 0 Å². The minimum atomic E-state index is -1.14. The van der Waals surface area contributed by atoms with Crippen molar-refractivity contribution >= 4 is 12.0 Å². The van der Waals surface area contributed by atoms with Crippen LogP contribution in [0, 0.1) is 0 Å². The van der Waals surface area contributed by atoms with Crippen molar-refractivity contribution in [3.05, 3.63) is 29.8 Å². The first-order chi connectivity index (χ1) is 11.5. The molecule has 2 bridgehead atoms. The fraction of sp³-hybridized carbons (Fsp3) is 0.529. The molecular formula is C17H22N2O5. The van der Waals surface area contributed by atoms with E-state index in [4.69, 9.17) is 4.74 Å². The molecule has 0 spiro atoms. The summed E-state index contributed by atoms with van der Waals surface area (Å²) < 4.78 is 5.31. The Bertz CT molecular complexity index is 635. The Morgan fingerprint density at radius 2 is 2.08 bits per heavy atom. The number of benzene rings is 1. The lowest BCUT2D eigenvalue weighted by Gasteiger charge is -2.50. The second kappa shape index (κ2) is 6.68.